The molecular formula is C22H32N4OS. The Balaban J connectivity index is 1.56. The molecule has 2 heterocycles. The summed E-state index contributed by atoms with van der Waals surface area (Å²) in [7, 11) is 0. The van der Waals surface area contributed by atoms with Crippen LogP contribution in [-0.4, -0.2) is 38.2 Å². The van der Waals surface area contributed by atoms with E-state index in [1.54, 1.807) is 0 Å². The Labute approximate surface area is 172 Å². The molecule has 0 amide bonds. The Morgan fingerprint density at radius 1 is 1.14 bits per heavy atom. The number of hydrogen-bond donors (Lipinski definition) is 2. The van der Waals surface area contributed by atoms with E-state index in [1.807, 2.05) is 18.3 Å². The molecule has 1 fully saturated rings. The molecule has 1 aliphatic rings. The highest BCUT2D eigenvalue weighted by Gasteiger charge is 2.20. The second-order valence-electron chi connectivity index (χ2n) is 6.96. The predicted molar refractivity (Wildman–Crippen MR) is 119 cm³/mol. The van der Waals surface area contributed by atoms with Gasteiger partial charge in [0.05, 0.1) is 18.2 Å². The van der Waals surface area contributed by atoms with E-state index in [0.29, 0.717) is 19.2 Å². The van der Waals surface area contributed by atoms with E-state index in [9.17, 15) is 0 Å². The van der Waals surface area contributed by atoms with Crippen molar-refractivity contribution in [1.82, 2.24) is 10.6 Å². The van der Waals surface area contributed by atoms with Crippen LogP contribution in [0, 0.1) is 0 Å². The lowest BCUT2D eigenvalue weighted by molar-refractivity contribution is 0.133. The van der Waals surface area contributed by atoms with E-state index in [1.165, 1.54) is 16.1 Å². The Morgan fingerprint density at radius 2 is 1.93 bits per heavy atom. The number of piperidine rings is 1. The Hall–Kier alpha value is -2.05. The van der Waals surface area contributed by atoms with Gasteiger partial charge in [-0.25, -0.2) is 4.99 Å². The van der Waals surface area contributed by atoms with Crippen molar-refractivity contribution in [2.24, 2.45) is 4.99 Å². The maximum Gasteiger partial charge on any atom is 0.191 e. The molecule has 0 aliphatic carbocycles. The lowest BCUT2D eigenvalue weighted by Crippen LogP contribution is -2.48. The summed E-state index contributed by atoms with van der Waals surface area (Å²) in [5.74, 6) is 0.906. The molecule has 6 heteroatoms. The van der Waals surface area contributed by atoms with Crippen molar-refractivity contribution in [3.8, 4) is 0 Å². The number of aliphatic imine (C=N–C) groups is 1. The largest absolute Gasteiger partial charge is 0.377 e. The first kappa shape index (κ1) is 20.7. The third-order valence-corrected chi connectivity index (χ3v) is 5.91. The molecule has 1 saturated heterocycles. The molecule has 152 valence electrons. The van der Waals surface area contributed by atoms with Crippen LogP contribution in [0.15, 0.2) is 46.8 Å². The van der Waals surface area contributed by atoms with Crippen LogP contribution in [0.4, 0.5) is 5.00 Å². The monoisotopic (exact) mass is 400 g/mol. The van der Waals surface area contributed by atoms with Gasteiger partial charge in [-0.05, 0) is 55.3 Å². The van der Waals surface area contributed by atoms with Gasteiger partial charge in [-0.3, -0.25) is 0 Å². The molecule has 0 unspecified atom stereocenters. The first-order chi connectivity index (χ1) is 13.8. The van der Waals surface area contributed by atoms with Crippen molar-refractivity contribution < 1.29 is 4.74 Å². The van der Waals surface area contributed by atoms with Crippen LogP contribution in [0.5, 0.6) is 0 Å². The van der Waals surface area contributed by atoms with Crippen LogP contribution in [0.3, 0.4) is 0 Å². The molecule has 1 aliphatic heterocycles. The van der Waals surface area contributed by atoms with E-state index in [-0.39, 0.29) is 0 Å². The van der Waals surface area contributed by atoms with E-state index in [2.05, 4.69) is 64.2 Å². The normalized spacial score (nSPS) is 15.6. The van der Waals surface area contributed by atoms with E-state index >= 15 is 0 Å². The number of benzene rings is 1. The Morgan fingerprint density at radius 3 is 2.61 bits per heavy atom. The number of thiophene rings is 1. The van der Waals surface area contributed by atoms with Crippen LogP contribution < -0.4 is 15.5 Å². The molecular weight excluding hydrogens is 368 g/mol. The number of nitrogens with zero attached hydrogens (tertiary/aromatic N) is 2. The number of nitrogens with one attached hydrogen (secondary N) is 2. The summed E-state index contributed by atoms with van der Waals surface area (Å²) in [5.41, 5.74) is 2.44. The quantitative estimate of drug-likeness (QED) is 0.519. The second-order valence-corrected chi connectivity index (χ2v) is 7.88. The van der Waals surface area contributed by atoms with Gasteiger partial charge in [0.25, 0.3) is 0 Å². The van der Waals surface area contributed by atoms with Gasteiger partial charge in [-0.2, -0.15) is 0 Å². The number of hydrogen-bond acceptors (Lipinski definition) is 4. The fourth-order valence-electron chi connectivity index (χ4n) is 3.44. The van der Waals surface area contributed by atoms with E-state index in [0.717, 1.165) is 45.0 Å². The summed E-state index contributed by atoms with van der Waals surface area (Å²) >= 11 is 1.82. The van der Waals surface area contributed by atoms with Crippen LogP contribution in [-0.2, 0) is 17.9 Å². The topological polar surface area (TPSA) is 48.9 Å². The van der Waals surface area contributed by atoms with Crippen LogP contribution in [0.25, 0.3) is 0 Å². The second kappa shape index (κ2) is 11.1. The van der Waals surface area contributed by atoms with Crippen LogP contribution >= 0.6 is 11.3 Å². The first-order valence-electron chi connectivity index (χ1n) is 10.3. The van der Waals surface area contributed by atoms with Crippen molar-refractivity contribution in [3.05, 3.63) is 52.9 Å². The Bertz CT molecular complexity index is 724. The van der Waals surface area contributed by atoms with Gasteiger partial charge in [-0.15, -0.1) is 11.3 Å². The van der Waals surface area contributed by atoms with E-state index in [4.69, 9.17) is 9.73 Å². The standard InChI is InChI=1S/C22H32N4OS/c1-3-23-22(24-16-18-8-5-6-9-19(18)17-27-4-2)25-20-11-13-26(14-12-20)21-10-7-15-28-21/h5-10,15,20H,3-4,11-14,16-17H2,1-2H3,(H2,23,24,25). The molecule has 0 bridgehead atoms. The van der Waals surface area contributed by atoms with Crippen molar-refractivity contribution in [3.63, 3.8) is 0 Å². The third kappa shape index (κ3) is 5.97. The lowest BCUT2D eigenvalue weighted by Gasteiger charge is -2.33. The first-order valence-corrected chi connectivity index (χ1v) is 11.2. The van der Waals surface area contributed by atoms with Crippen LogP contribution in [0.2, 0.25) is 0 Å². The zero-order valence-electron chi connectivity index (χ0n) is 17.0. The van der Waals surface area contributed by atoms with Crippen molar-refractivity contribution in [2.75, 3.05) is 31.1 Å². The molecule has 0 atom stereocenters. The number of anilines is 1. The fraction of sp³-hybridized carbons (Fsp3) is 0.500. The molecule has 2 aromatic rings. The maximum absolute atomic E-state index is 5.59. The summed E-state index contributed by atoms with van der Waals surface area (Å²) in [6.07, 6.45) is 2.26. The zero-order valence-corrected chi connectivity index (χ0v) is 17.8. The third-order valence-electron chi connectivity index (χ3n) is 4.99. The van der Waals surface area contributed by atoms with Crippen molar-refractivity contribution >= 4 is 22.3 Å². The molecule has 1 aromatic heterocycles. The Kier molecular flexibility index (Phi) is 8.18. The van der Waals surface area contributed by atoms with Crippen molar-refractivity contribution in [1.29, 1.82) is 0 Å². The molecule has 5 nitrogen and oxygen atoms in total. The average Bonchev–Trinajstić information content (AvgIpc) is 3.27. The summed E-state index contributed by atoms with van der Waals surface area (Å²) < 4.78 is 5.59. The lowest BCUT2D eigenvalue weighted by atomic mass is 10.1. The minimum absolute atomic E-state index is 0.465. The summed E-state index contributed by atoms with van der Waals surface area (Å²) in [6, 6.07) is 13.2. The maximum atomic E-state index is 5.59. The smallest absolute Gasteiger partial charge is 0.191 e. The fourth-order valence-corrected chi connectivity index (χ4v) is 4.22. The minimum Gasteiger partial charge on any atom is -0.377 e. The summed E-state index contributed by atoms with van der Waals surface area (Å²) in [6.45, 7) is 9.22. The number of guanidine groups is 1. The molecule has 1 aromatic carbocycles. The van der Waals surface area contributed by atoms with Crippen molar-refractivity contribution in [2.45, 2.75) is 45.9 Å². The predicted octanol–water partition coefficient (Wildman–Crippen LogP) is 4.01. The van der Waals surface area contributed by atoms with Gasteiger partial charge >= 0.3 is 0 Å². The molecule has 2 N–H and O–H groups in total. The van der Waals surface area contributed by atoms with Gasteiger partial charge in [0, 0.05) is 32.3 Å². The minimum atomic E-state index is 0.465. The van der Waals surface area contributed by atoms with Gasteiger partial charge in [0.2, 0.25) is 0 Å². The van der Waals surface area contributed by atoms with Gasteiger partial charge < -0.3 is 20.3 Å². The summed E-state index contributed by atoms with van der Waals surface area (Å²) in [4.78, 5) is 7.33. The molecule has 0 saturated carbocycles. The molecule has 0 spiro atoms. The van der Waals surface area contributed by atoms with Gasteiger partial charge in [0.1, 0.15) is 0 Å². The SMILES string of the molecule is CCNC(=NCc1ccccc1COCC)NC1CCN(c2cccs2)CC1. The van der Waals surface area contributed by atoms with E-state index < -0.39 is 0 Å². The molecule has 3 rings (SSSR count). The number of rotatable bonds is 8. The van der Waals surface area contributed by atoms with Crippen LogP contribution in [0.1, 0.15) is 37.8 Å². The summed E-state index contributed by atoms with van der Waals surface area (Å²) in [5, 5.41) is 10.6. The highest BCUT2D eigenvalue weighted by Crippen LogP contribution is 2.24. The average molecular weight is 401 g/mol. The number of ether oxygens (including phenoxy) is 1. The molecule has 28 heavy (non-hydrogen) atoms. The highest BCUT2D eigenvalue weighted by atomic mass is 32.1. The van der Waals surface area contributed by atoms with Gasteiger partial charge in [-0.1, -0.05) is 24.3 Å². The highest BCUT2D eigenvalue weighted by molar-refractivity contribution is 7.14. The zero-order chi connectivity index (χ0) is 19.6. The molecule has 0 radical (unpaired) electrons. The van der Waals surface area contributed by atoms with Gasteiger partial charge in [0.15, 0.2) is 5.96 Å².